The Balaban J connectivity index is 2.27. The minimum atomic E-state index is -0.161. The molecule has 1 aromatic heterocycles. The van der Waals surface area contributed by atoms with Gasteiger partial charge >= 0.3 is 0 Å². The molecule has 1 amide bonds. The molecule has 0 atom stereocenters. The lowest BCUT2D eigenvalue weighted by Crippen LogP contribution is -2.17. The van der Waals surface area contributed by atoms with Gasteiger partial charge in [-0.15, -0.1) is 0 Å². The predicted octanol–water partition coefficient (Wildman–Crippen LogP) is 1.77. The maximum absolute atomic E-state index is 11.2. The molecule has 0 spiro atoms. The fourth-order valence-corrected chi connectivity index (χ4v) is 1.95. The van der Waals surface area contributed by atoms with Crippen molar-refractivity contribution in [1.82, 2.24) is 5.32 Å². The highest BCUT2D eigenvalue weighted by molar-refractivity contribution is 8.26. The first-order valence-electron chi connectivity index (χ1n) is 3.54. The molecule has 0 radical (unpaired) electrons. The highest BCUT2D eigenvalue weighted by atomic mass is 32.2. The van der Waals surface area contributed by atoms with Crippen molar-refractivity contribution in [3.63, 3.8) is 0 Å². The zero-order valence-electron chi connectivity index (χ0n) is 6.44. The first kappa shape index (κ1) is 8.52. The van der Waals surface area contributed by atoms with Crippen LogP contribution in [-0.4, -0.2) is 10.2 Å². The Bertz CT molecular complexity index is 381. The van der Waals surface area contributed by atoms with E-state index in [1.54, 1.807) is 24.5 Å². The van der Waals surface area contributed by atoms with Crippen molar-refractivity contribution in [1.29, 1.82) is 0 Å². The molecule has 5 heteroatoms. The van der Waals surface area contributed by atoms with Crippen LogP contribution >= 0.6 is 24.0 Å². The Hall–Kier alpha value is -1.07. The number of hydrogen-bond acceptors (Lipinski definition) is 4. The van der Waals surface area contributed by atoms with E-state index in [1.165, 1.54) is 11.8 Å². The second-order valence-electron chi connectivity index (χ2n) is 2.37. The lowest BCUT2D eigenvalue weighted by molar-refractivity contribution is -0.115. The summed E-state index contributed by atoms with van der Waals surface area (Å²) in [6, 6.07) is 3.55. The summed E-state index contributed by atoms with van der Waals surface area (Å²) >= 11 is 6.07. The quantitative estimate of drug-likeness (QED) is 0.568. The Morgan fingerprint density at radius 3 is 3.00 bits per heavy atom. The van der Waals surface area contributed by atoms with E-state index in [-0.39, 0.29) is 5.91 Å². The van der Waals surface area contributed by atoms with Gasteiger partial charge in [-0.2, -0.15) is 0 Å². The molecule has 1 fully saturated rings. The van der Waals surface area contributed by atoms with Crippen molar-refractivity contribution in [3.05, 3.63) is 29.1 Å². The maximum Gasteiger partial charge on any atom is 0.263 e. The molecule has 2 rings (SSSR count). The lowest BCUT2D eigenvalue weighted by atomic mass is 10.4. The Morgan fingerprint density at radius 2 is 2.46 bits per heavy atom. The molecule has 2 heterocycles. The van der Waals surface area contributed by atoms with E-state index >= 15 is 0 Å². The van der Waals surface area contributed by atoms with E-state index in [0.29, 0.717) is 15.0 Å². The minimum Gasteiger partial charge on any atom is -0.465 e. The number of rotatable bonds is 1. The summed E-state index contributed by atoms with van der Waals surface area (Å²) in [4.78, 5) is 11.8. The molecule has 1 aromatic rings. The lowest BCUT2D eigenvalue weighted by Gasteiger charge is -1.87. The molecule has 1 aliphatic rings. The first-order chi connectivity index (χ1) is 6.25. The molecule has 1 saturated heterocycles. The molecule has 0 aromatic carbocycles. The van der Waals surface area contributed by atoms with Crippen LogP contribution < -0.4 is 5.32 Å². The van der Waals surface area contributed by atoms with Gasteiger partial charge in [-0.3, -0.25) is 4.79 Å². The van der Waals surface area contributed by atoms with Crippen LogP contribution in [0.15, 0.2) is 27.7 Å². The Kier molecular flexibility index (Phi) is 2.20. The summed E-state index contributed by atoms with van der Waals surface area (Å²) in [6.07, 6.45) is 3.22. The van der Waals surface area contributed by atoms with E-state index in [4.69, 9.17) is 16.6 Å². The van der Waals surface area contributed by atoms with Gasteiger partial charge in [0.05, 0.1) is 11.2 Å². The largest absolute Gasteiger partial charge is 0.465 e. The highest BCUT2D eigenvalue weighted by Gasteiger charge is 2.22. The fourth-order valence-electron chi connectivity index (χ4n) is 0.924. The molecular weight excluding hydrogens is 206 g/mol. The number of amides is 1. The van der Waals surface area contributed by atoms with E-state index in [0.717, 1.165) is 0 Å². The molecule has 66 valence electrons. The fraction of sp³-hybridized carbons (Fsp3) is 0. The zero-order valence-corrected chi connectivity index (χ0v) is 8.08. The number of nitrogens with one attached hydrogen (secondary N) is 1. The average molecular weight is 211 g/mol. The van der Waals surface area contributed by atoms with Gasteiger partial charge in [-0.1, -0.05) is 24.0 Å². The van der Waals surface area contributed by atoms with Crippen LogP contribution in [0.5, 0.6) is 0 Å². The number of carbonyl (C=O) groups is 1. The summed E-state index contributed by atoms with van der Waals surface area (Å²) in [7, 11) is 0. The second-order valence-corrected chi connectivity index (χ2v) is 4.09. The summed E-state index contributed by atoms with van der Waals surface area (Å²) in [6.45, 7) is 0. The van der Waals surface area contributed by atoms with Crippen LogP contribution in [0.25, 0.3) is 6.08 Å². The summed E-state index contributed by atoms with van der Waals surface area (Å²) in [5.74, 6) is 0.494. The molecule has 13 heavy (non-hydrogen) atoms. The third-order valence-electron chi connectivity index (χ3n) is 1.46. The molecule has 1 aliphatic heterocycles. The number of hydrogen-bond donors (Lipinski definition) is 1. The van der Waals surface area contributed by atoms with Gasteiger partial charge < -0.3 is 9.73 Å². The van der Waals surface area contributed by atoms with Crippen LogP contribution in [0.3, 0.4) is 0 Å². The Morgan fingerprint density at radius 1 is 1.62 bits per heavy atom. The molecular formula is C8H5NO2S2. The molecule has 0 bridgehead atoms. The monoisotopic (exact) mass is 211 g/mol. The second kappa shape index (κ2) is 3.35. The number of thiocarbonyl (C=S) groups is 1. The van der Waals surface area contributed by atoms with Crippen molar-refractivity contribution in [2.45, 2.75) is 0 Å². The van der Waals surface area contributed by atoms with Crippen LogP contribution in [0.1, 0.15) is 5.76 Å². The molecule has 3 nitrogen and oxygen atoms in total. The van der Waals surface area contributed by atoms with Crippen molar-refractivity contribution >= 4 is 40.3 Å². The molecule has 0 unspecified atom stereocenters. The van der Waals surface area contributed by atoms with E-state index in [2.05, 4.69) is 5.32 Å². The van der Waals surface area contributed by atoms with Gasteiger partial charge in [0, 0.05) is 6.08 Å². The standard InChI is InChI=1S/C8H5NO2S2/c10-7-6(13-8(12)9-7)4-5-2-1-3-11-5/h1-4H,(H,9,10,12)/b6-4-. The van der Waals surface area contributed by atoms with Gasteiger partial charge in [-0.05, 0) is 12.1 Å². The van der Waals surface area contributed by atoms with Gasteiger partial charge in [0.25, 0.3) is 5.91 Å². The van der Waals surface area contributed by atoms with Crippen LogP contribution in [0.4, 0.5) is 0 Å². The van der Waals surface area contributed by atoms with Crippen molar-refractivity contribution < 1.29 is 9.21 Å². The zero-order chi connectivity index (χ0) is 9.26. The normalized spacial score (nSPS) is 19.5. The van der Waals surface area contributed by atoms with Crippen LogP contribution in [0, 0.1) is 0 Å². The molecule has 1 N–H and O–H groups in total. The number of thioether (sulfide) groups is 1. The highest BCUT2D eigenvalue weighted by Crippen LogP contribution is 2.25. The smallest absolute Gasteiger partial charge is 0.263 e. The van der Waals surface area contributed by atoms with Crippen molar-refractivity contribution in [2.75, 3.05) is 0 Å². The summed E-state index contributed by atoms with van der Waals surface area (Å²) in [5, 5.41) is 2.52. The van der Waals surface area contributed by atoms with Gasteiger partial charge in [0.1, 0.15) is 10.1 Å². The third kappa shape index (κ3) is 1.81. The van der Waals surface area contributed by atoms with Gasteiger partial charge in [-0.25, -0.2) is 0 Å². The summed E-state index contributed by atoms with van der Waals surface area (Å²) < 4.78 is 5.55. The Labute approximate surface area is 84.2 Å². The third-order valence-corrected chi connectivity index (χ3v) is 2.62. The number of carbonyl (C=O) groups excluding carboxylic acids is 1. The number of furan rings is 1. The van der Waals surface area contributed by atoms with E-state index < -0.39 is 0 Å². The minimum absolute atomic E-state index is 0.161. The van der Waals surface area contributed by atoms with E-state index in [9.17, 15) is 4.79 Å². The SMILES string of the molecule is O=C1NC(=S)S/C1=C\c1ccco1. The first-order valence-corrected chi connectivity index (χ1v) is 4.76. The average Bonchev–Trinajstić information content (AvgIpc) is 2.63. The summed E-state index contributed by atoms with van der Waals surface area (Å²) in [5.41, 5.74) is 0. The van der Waals surface area contributed by atoms with Gasteiger partial charge in [0.2, 0.25) is 0 Å². The van der Waals surface area contributed by atoms with E-state index in [1.807, 2.05) is 0 Å². The van der Waals surface area contributed by atoms with Crippen LogP contribution in [-0.2, 0) is 4.79 Å². The van der Waals surface area contributed by atoms with Crippen molar-refractivity contribution in [2.24, 2.45) is 0 Å². The predicted molar refractivity (Wildman–Crippen MR) is 55.0 cm³/mol. The topological polar surface area (TPSA) is 42.2 Å². The van der Waals surface area contributed by atoms with Crippen LogP contribution in [0.2, 0.25) is 0 Å². The molecule has 0 saturated carbocycles. The van der Waals surface area contributed by atoms with Gasteiger partial charge in [0.15, 0.2) is 0 Å². The van der Waals surface area contributed by atoms with Crippen molar-refractivity contribution in [3.8, 4) is 0 Å². The molecule has 0 aliphatic carbocycles. The maximum atomic E-state index is 11.2.